The molecule has 1 aromatic carbocycles. The molecule has 0 radical (unpaired) electrons. The predicted molar refractivity (Wildman–Crippen MR) is 53.0 cm³/mol. The lowest BCUT2D eigenvalue weighted by molar-refractivity contribution is -0.150. The third-order valence-electron chi connectivity index (χ3n) is 2.52. The Kier molecular flexibility index (Phi) is 3.28. The molecule has 0 aliphatic carbocycles. The molecule has 0 amide bonds. The van der Waals surface area contributed by atoms with Crippen molar-refractivity contribution in [2.45, 2.75) is 25.4 Å². The second-order valence-corrected chi connectivity index (χ2v) is 4.06. The lowest BCUT2D eigenvalue weighted by Gasteiger charge is -2.28. The molecule has 88 valence electrons. The molecule has 16 heavy (non-hydrogen) atoms. The van der Waals surface area contributed by atoms with Gasteiger partial charge >= 0.3 is 5.97 Å². The molecule has 1 atom stereocenters. The molecule has 3 nitrogen and oxygen atoms in total. The molecule has 1 aromatic rings. The monoisotopic (exact) mass is 230 g/mol. The Bertz CT molecular complexity index is 395. The van der Waals surface area contributed by atoms with Crippen molar-refractivity contribution in [2.24, 2.45) is 0 Å². The zero-order chi connectivity index (χ0) is 12.5. The molecule has 1 unspecified atom stereocenters. The van der Waals surface area contributed by atoms with Crippen LogP contribution in [0.15, 0.2) is 18.2 Å². The Hall–Kier alpha value is -1.49. The van der Waals surface area contributed by atoms with Crippen LogP contribution in [0, 0.1) is 11.6 Å². The maximum atomic E-state index is 13.4. The van der Waals surface area contributed by atoms with E-state index in [2.05, 4.69) is 0 Å². The fourth-order valence-corrected chi connectivity index (χ4v) is 1.56. The zero-order valence-corrected chi connectivity index (χ0v) is 8.87. The van der Waals surface area contributed by atoms with Gasteiger partial charge in [0, 0.05) is 11.0 Å². The number of benzene rings is 1. The van der Waals surface area contributed by atoms with Crippen LogP contribution >= 0.6 is 0 Å². The van der Waals surface area contributed by atoms with Gasteiger partial charge in [0.05, 0.1) is 0 Å². The van der Waals surface area contributed by atoms with Crippen LogP contribution < -0.4 is 0 Å². The quantitative estimate of drug-likeness (QED) is 0.830. The van der Waals surface area contributed by atoms with Crippen molar-refractivity contribution < 1.29 is 23.8 Å². The maximum absolute atomic E-state index is 13.4. The van der Waals surface area contributed by atoms with Gasteiger partial charge in [-0.15, -0.1) is 0 Å². The second kappa shape index (κ2) is 4.17. The average Bonchev–Trinajstić information content (AvgIpc) is 2.15. The van der Waals surface area contributed by atoms with Crippen LogP contribution in [-0.2, 0) is 10.2 Å². The topological polar surface area (TPSA) is 57.5 Å². The van der Waals surface area contributed by atoms with Crippen molar-refractivity contribution in [3.63, 3.8) is 0 Å². The molecule has 1 rings (SSSR count). The summed E-state index contributed by atoms with van der Waals surface area (Å²) in [6, 6.07) is 3.22. The number of carboxylic acid groups (broad SMARTS) is 1. The van der Waals surface area contributed by atoms with Gasteiger partial charge in [0.1, 0.15) is 11.6 Å². The highest BCUT2D eigenvalue weighted by Crippen LogP contribution is 2.31. The molecule has 0 fully saturated rings. The van der Waals surface area contributed by atoms with Gasteiger partial charge in [0.25, 0.3) is 0 Å². The first-order chi connectivity index (χ1) is 7.28. The molecular formula is C11H12F2O3. The lowest BCUT2D eigenvalue weighted by atomic mass is 9.78. The van der Waals surface area contributed by atoms with Gasteiger partial charge in [0.15, 0.2) is 6.10 Å². The fraction of sp³-hybridized carbons (Fsp3) is 0.364. The van der Waals surface area contributed by atoms with Crippen molar-refractivity contribution in [1.29, 1.82) is 0 Å². The van der Waals surface area contributed by atoms with Crippen molar-refractivity contribution in [3.8, 4) is 0 Å². The average molecular weight is 230 g/mol. The van der Waals surface area contributed by atoms with Crippen molar-refractivity contribution >= 4 is 5.97 Å². The predicted octanol–water partition coefficient (Wildman–Crippen LogP) is 1.69. The van der Waals surface area contributed by atoms with Crippen LogP contribution in [0.4, 0.5) is 8.78 Å². The number of aliphatic hydroxyl groups is 1. The molecule has 0 bridgehead atoms. The summed E-state index contributed by atoms with van der Waals surface area (Å²) >= 11 is 0. The Labute approximate surface area is 91.3 Å². The number of aliphatic carboxylic acids is 1. The van der Waals surface area contributed by atoms with E-state index in [9.17, 15) is 18.7 Å². The third-order valence-corrected chi connectivity index (χ3v) is 2.52. The number of carbonyl (C=O) groups is 1. The molecule has 0 aliphatic rings. The fourth-order valence-electron chi connectivity index (χ4n) is 1.56. The smallest absolute Gasteiger partial charge is 0.333 e. The number of halogens is 2. The standard InChI is InChI=1S/C11H12F2O3/c1-11(2,9(14)10(15)16)8-6(12)4-3-5-7(8)13/h3-5,9,14H,1-2H3,(H,15,16). The minimum atomic E-state index is -1.88. The van der Waals surface area contributed by atoms with Crippen molar-refractivity contribution in [2.75, 3.05) is 0 Å². The molecule has 0 saturated heterocycles. The summed E-state index contributed by atoms with van der Waals surface area (Å²) in [6.45, 7) is 2.54. The Morgan fingerprint density at radius 2 is 1.75 bits per heavy atom. The summed E-state index contributed by atoms with van der Waals surface area (Å²) < 4.78 is 26.9. The van der Waals surface area contributed by atoms with Gasteiger partial charge in [-0.3, -0.25) is 0 Å². The van der Waals surface area contributed by atoms with E-state index in [-0.39, 0.29) is 0 Å². The number of carboxylic acids is 1. The van der Waals surface area contributed by atoms with Crippen LogP contribution in [0.2, 0.25) is 0 Å². The second-order valence-electron chi connectivity index (χ2n) is 4.06. The van der Waals surface area contributed by atoms with Gasteiger partial charge < -0.3 is 10.2 Å². The third kappa shape index (κ3) is 2.04. The summed E-state index contributed by atoms with van der Waals surface area (Å²) in [7, 11) is 0. The summed E-state index contributed by atoms with van der Waals surface area (Å²) in [4.78, 5) is 10.6. The van der Waals surface area contributed by atoms with E-state index in [1.165, 1.54) is 19.9 Å². The Balaban J connectivity index is 3.31. The van der Waals surface area contributed by atoms with E-state index in [0.29, 0.717) is 0 Å². The first-order valence-corrected chi connectivity index (χ1v) is 4.64. The van der Waals surface area contributed by atoms with Gasteiger partial charge in [-0.2, -0.15) is 0 Å². The molecule has 0 aromatic heterocycles. The maximum Gasteiger partial charge on any atom is 0.333 e. The van der Waals surface area contributed by atoms with E-state index < -0.39 is 34.7 Å². The van der Waals surface area contributed by atoms with Crippen LogP contribution in [0.25, 0.3) is 0 Å². The normalized spacial score (nSPS) is 13.6. The van der Waals surface area contributed by atoms with E-state index in [4.69, 9.17) is 5.11 Å². The molecule has 2 N–H and O–H groups in total. The SMILES string of the molecule is CC(C)(c1c(F)cccc1F)C(O)C(=O)O. The van der Waals surface area contributed by atoms with Gasteiger partial charge in [-0.1, -0.05) is 19.9 Å². The Morgan fingerprint density at radius 3 is 2.12 bits per heavy atom. The number of hydrogen-bond donors (Lipinski definition) is 2. The van der Waals surface area contributed by atoms with Crippen LogP contribution in [0.5, 0.6) is 0 Å². The molecule has 0 aliphatic heterocycles. The zero-order valence-electron chi connectivity index (χ0n) is 8.87. The van der Waals surface area contributed by atoms with E-state index in [1.807, 2.05) is 0 Å². The van der Waals surface area contributed by atoms with E-state index in [0.717, 1.165) is 12.1 Å². The van der Waals surface area contributed by atoms with Gasteiger partial charge in [-0.25, -0.2) is 13.6 Å². The van der Waals surface area contributed by atoms with E-state index in [1.54, 1.807) is 0 Å². The number of rotatable bonds is 3. The highest BCUT2D eigenvalue weighted by Gasteiger charge is 2.39. The van der Waals surface area contributed by atoms with Crippen LogP contribution in [0.3, 0.4) is 0 Å². The van der Waals surface area contributed by atoms with Crippen LogP contribution in [0.1, 0.15) is 19.4 Å². The minimum Gasteiger partial charge on any atom is -0.479 e. The summed E-state index contributed by atoms with van der Waals surface area (Å²) in [5.74, 6) is -3.26. The molecule has 0 saturated carbocycles. The number of aliphatic hydroxyl groups excluding tert-OH is 1. The molecular weight excluding hydrogens is 218 g/mol. The van der Waals surface area contributed by atoms with Crippen molar-refractivity contribution in [1.82, 2.24) is 0 Å². The summed E-state index contributed by atoms with van der Waals surface area (Å²) in [5, 5.41) is 18.1. The van der Waals surface area contributed by atoms with Crippen LogP contribution in [-0.4, -0.2) is 22.3 Å². The lowest BCUT2D eigenvalue weighted by Crippen LogP contribution is -2.41. The number of hydrogen-bond acceptors (Lipinski definition) is 2. The Morgan fingerprint density at radius 1 is 1.31 bits per heavy atom. The van der Waals surface area contributed by atoms with Gasteiger partial charge in [0.2, 0.25) is 0 Å². The summed E-state index contributed by atoms with van der Waals surface area (Å²) in [6.07, 6.45) is -1.88. The van der Waals surface area contributed by atoms with Crippen molar-refractivity contribution in [3.05, 3.63) is 35.4 Å². The highest BCUT2D eigenvalue weighted by atomic mass is 19.1. The first kappa shape index (κ1) is 12.6. The highest BCUT2D eigenvalue weighted by molar-refractivity contribution is 5.74. The first-order valence-electron chi connectivity index (χ1n) is 4.64. The molecule has 0 heterocycles. The molecule has 0 spiro atoms. The van der Waals surface area contributed by atoms with E-state index >= 15 is 0 Å². The minimum absolute atomic E-state index is 0.426. The summed E-state index contributed by atoms with van der Waals surface area (Å²) in [5.41, 5.74) is -1.97. The molecule has 5 heteroatoms. The largest absolute Gasteiger partial charge is 0.479 e. The van der Waals surface area contributed by atoms with Gasteiger partial charge in [-0.05, 0) is 12.1 Å².